The van der Waals surface area contributed by atoms with Gasteiger partial charge in [-0.2, -0.15) is 0 Å². The first kappa shape index (κ1) is 22.4. The fraction of sp³-hybridized carbons (Fsp3) is 0.440. The van der Waals surface area contributed by atoms with E-state index in [4.69, 9.17) is 16.6 Å². The summed E-state index contributed by atoms with van der Waals surface area (Å²) in [7, 11) is 0. The molecular formula is C25H32ClN3O. The Kier molecular flexibility index (Phi) is 8.32. The summed E-state index contributed by atoms with van der Waals surface area (Å²) in [5.41, 5.74) is 2.58. The van der Waals surface area contributed by atoms with E-state index in [0.29, 0.717) is 10.6 Å². The summed E-state index contributed by atoms with van der Waals surface area (Å²) in [4.78, 5) is 17.6. The molecule has 160 valence electrons. The minimum absolute atomic E-state index is 0.178. The van der Waals surface area contributed by atoms with Crippen LogP contribution in [0.4, 0.5) is 0 Å². The van der Waals surface area contributed by atoms with Crippen molar-refractivity contribution < 1.29 is 4.79 Å². The van der Waals surface area contributed by atoms with Crippen molar-refractivity contribution in [3.8, 4) is 0 Å². The van der Waals surface area contributed by atoms with Crippen molar-refractivity contribution >= 4 is 28.5 Å². The number of benzene rings is 2. The Bertz CT molecular complexity index is 966. The number of imidazole rings is 1. The monoisotopic (exact) mass is 425 g/mol. The van der Waals surface area contributed by atoms with Crippen molar-refractivity contribution in [2.45, 2.75) is 71.4 Å². The maximum Gasteiger partial charge on any atom is 0.253 e. The second kappa shape index (κ2) is 11.2. The average molecular weight is 426 g/mol. The first-order valence-electron chi connectivity index (χ1n) is 11.1. The van der Waals surface area contributed by atoms with E-state index in [2.05, 4.69) is 22.9 Å². The zero-order valence-electron chi connectivity index (χ0n) is 18.0. The van der Waals surface area contributed by atoms with Gasteiger partial charge in [-0.05, 0) is 37.6 Å². The fourth-order valence-corrected chi connectivity index (χ4v) is 4.09. The molecule has 1 N–H and O–H groups in total. The average Bonchev–Trinajstić information content (AvgIpc) is 3.12. The summed E-state index contributed by atoms with van der Waals surface area (Å²) in [6.07, 6.45) is 8.87. The highest BCUT2D eigenvalue weighted by molar-refractivity contribution is 6.33. The molecule has 0 fully saturated rings. The van der Waals surface area contributed by atoms with Gasteiger partial charge in [0.1, 0.15) is 5.82 Å². The first-order chi connectivity index (χ1) is 14.6. The largest absolute Gasteiger partial charge is 0.342 e. The van der Waals surface area contributed by atoms with Crippen LogP contribution in [0.2, 0.25) is 5.02 Å². The molecule has 3 aromatic rings. The lowest BCUT2D eigenvalue weighted by molar-refractivity contribution is 0.0938. The van der Waals surface area contributed by atoms with Crippen LogP contribution in [0.5, 0.6) is 0 Å². The minimum Gasteiger partial charge on any atom is -0.342 e. The molecule has 0 saturated carbocycles. The summed E-state index contributed by atoms with van der Waals surface area (Å²) >= 11 is 6.19. The Labute approximate surface area is 184 Å². The van der Waals surface area contributed by atoms with Gasteiger partial charge in [-0.1, -0.05) is 81.3 Å². The van der Waals surface area contributed by atoms with Gasteiger partial charge in [0.05, 0.1) is 27.7 Å². The number of aromatic nitrogens is 2. The molecule has 2 aromatic carbocycles. The molecule has 1 heterocycles. The number of unbranched alkanes of at least 4 members (excludes halogenated alkanes) is 6. The second-order valence-electron chi connectivity index (χ2n) is 7.91. The number of halogens is 1. The number of hydrogen-bond donors (Lipinski definition) is 1. The van der Waals surface area contributed by atoms with Crippen LogP contribution in [0, 0.1) is 0 Å². The summed E-state index contributed by atoms with van der Waals surface area (Å²) in [5, 5.41) is 3.53. The number of nitrogens with one attached hydrogen (secondary N) is 1. The number of para-hydroxylation sites is 2. The Morgan fingerprint density at radius 2 is 1.67 bits per heavy atom. The molecule has 0 aliphatic carbocycles. The van der Waals surface area contributed by atoms with Crippen LogP contribution in [0.3, 0.4) is 0 Å². The number of aryl methyl sites for hydroxylation is 1. The van der Waals surface area contributed by atoms with E-state index in [1.165, 1.54) is 38.5 Å². The highest BCUT2D eigenvalue weighted by atomic mass is 35.5. The molecule has 1 aromatic heterocycles. The van der Waals surface area contributed by atoms with Gasteiger partial charge in [-0.25, -0.2) is 4.98 Å². The molecule has 1 atom stereocenters. The van der Waals surface area contributed by atoms with Crippen LogP contribution >= 0.6 is 11.6 Å². The standard InChI is InChI=1S/C25H32ClN3O/c1-3-4-5-6-7-8-13-18-29-23-17-12-11-16-22(23)28-24(29)19(2)27-25(30)20-14-9-10-15-21(20)26/h9-12,14-17,19H,3-8,13,18H2,1-2H3,(H,27,30). The molecule has 1 amide bonds. The highest BCUT2D eigenvalue weighted by Crippen LogP contribution is 2.23. The third kappa shape index (κ3) is 5.63. The number of fused-ring (bicyclic) bond motifs is 1. The Balaban J connectivity index is 1.70. The van der Waals surface area contributed by atoms with Gasteiger partial charge in [-0.3, -0.25) is 4.79 Å². The molecule has 4 nitrogen and oxygen atoms in total. The molecule has 0 aliphatic rings. The third-order valence-electron chi connectivity index (χ3n) is 5.52. The van der Waals surface area contributed by atoms with Crippen LogP contribution < -0.4 is 5.32 Å². The molecule has 5 heteroatoms. The predicted octanol–water partition coefficient (Wildman–Crippen LogP) is 6.93. The Morgan fingerprint density at radius 3 is 2.43 bits per heavy atom. The third-order valence-corrected chi connectivity index (χ3v) is 5.85. The summed E-state index contributed by atoms with van der Waals surface area (Å²) < 4.78 is 2.26. The van der Waals surface area contributed by atoms with Crippen molar-refractivity contribution in [2.24, 2.45) is 0 Å². The van der Waals surface area contributed by atoms with Crippen LogP contribution in [0.15, 0.2) is 48.5 Å². The van der Waals surface area contributed by atoms with E-state index in [0.717, 1.165) is 29.8 Å². The normalized spacial score (nSPS) is 12.2. The molecule has 0 spiro atoms. The number of amides is 1. The molecule has 0 saturated heterocycles. The molecule has 0 radical (unpaired) electrons. The second-order valence-corrected chi connectivity index (χ2v) is 8.31. The van der Waals surface area contributed by atoms with Crippen LogP contribution in [0.1, 0.15) is 81.0 Å². The quantitative estimate of drug-likeness (QED) is 0.338. The topological polar surface area (TPSA) is 46.9 Å². The number of hydrogen-bond acceptors (Lipinski definition) is 2. The number of carbonyl (C=O) groups excluding carboxylic acids is 1. The van der Waals surface area contributed by atoms with Crippen LogP contribution in [-0.2, 0) is 6.54 Å². The highest BCUT2D eigenvalue weighted by Gasteiger charge is 2.19. The van der Waals surface area contributed by atoms with E-state index < -0.39 is 0 Å². The smallest absolute Gasteiger partial charge is 0.253 e. The van der Waals surface area contributed by atoms with E-state index in [1.807, 2.05) is 37.3 Å². The van der Waals surface area contributed by atoms with Gasteiger partial charge >= 0.3 is 0 Å². The van der Waals surface area contributed by atoms with Gasteiger partial charge in [0.15, 0.2) is 0 Å². The van der Waals surface area contributed by atoms with Crippen LogP contribution in [-0.4, -0.2) is 15.5 Å². The van der Waals surface area contributed by atoms with E-state index in [-0.39, 0.29) is 11.9 Å². The lowest BCUT2D eigenvalue weighted by Crippen LogP contribution is -2.29. The van der Waals surface area contributed by atoms with Gasteiger partial charge in [0.25, 0.3) is 5.91 Å². The van der Waals surface area contributed by atoms with Gasteiger partial charge in [0, 0.05) is 6.54 Å². The molecule has 3 rings (SSSR count). The molecule has 30 heavy (non-hydrogen) atoms. The first-order valence-corrected chi connectivity index (χ1v) is 11.5. The lowest BCUT2D eigenvalue weighted by atomic mass is 10.1. The number of nitrogens with zero attached hydrogens (tertiary/aromatic N) is 2. The zero-order chi connectivity index (χ0) is 21.3. The van der Waals surface area contributed by atoms with E-state index >= 15 is 0 Å². The zero-order valence-corrected chi connectivity index (χ0v) is 18.8. The predicted molar refractivity (Wildman–Crippen MR) is 125 cm³/mol. The van der Waals surface area contributed by atoms with Gasteiger partial charge in [-0.15, -0.1) is 0 Å². The van der Waals surface area contributed by atoms with Crippen molar-refractivity contribution in [3.63, 3.8) is 0 Å². The molecular weight excluding hydrogens is 394 g/mol. The lowest BCUT2D eigenvalue weighted by Gasteiger charge is -2.17. The van der Waals surface area contributed by atoms with E-state index in [9.17, 15) is 4.79 Å². The van der Waals surface area contributed by atoms with Crippen molar-refractivity contribution in [1.29, 1.82) is 0 Å². The Hall–Kier alpha value is -2.33. The SMILES string of the molecule is CCCCCCCCCn1c(C(C)NC(=O)c2ccccc2Cl)nc2ccccc21. The van der Waals surface area contributed by atoms with Crippen molar-refractivity contribution in [1.82, 2.24) is 14.9 Å². The minimum atomic E-state index is -0.217. The van der Waals surface area contributed by atoms with Crippen molar-refractivity contribution in [3.05, 3.63) is 64.9 Å². The maximum atomic E-state index is 12.7. The van der Waals surface area contributed by atoms with Crippen LogP contribution in [0.25, 0.3) is 11.0 Å². The summed E-state index contributed by atoms with van der Waals surface area (Å²) in [5.74, 6) is 0.713. The molecule has 0 bridgehead atoms. The molecule has 0 aliphatic heterocycles. The van der Waals surface area contributed by atoms with Gasteiger partial charge in [0.2, 0.25) is 0 Å². The fourth-order valence-electron chi connectivity index (χ4n) is 3.87. The van der Waals surface area contributed by atoms with Crippen molar-refractivity contribution in [2.75, 3.05) is 0 Å². The maximum absolute atomic E-state index is 12.7. The summed E-state index contributed by atoms with van der Waals surface area (Å²) in [6.45, 7) is 5.14. The van der Waals surface area contributed by atoms with Gasteiger partial charge < -0.3 is 9.88 Å². The Morgan fingerprint density at radius 1 is 1.00 bits per heavy atom. The summed E-state index contributed by atoms with van der Waals surface area (Å²) in [6, 6.07) is 15.1. The van der Waals surface area contributed by atoms with E-state index in [1.54, 1.807) is 12.1 Å². The molecule has 1 unspecified atom stereocenters. The number of carbonyl (C=O) groups is 1. The number of rotatable bonds is 11.